The molecule has 0 heterocycles. The minimum atomic E-state index is -0.394. The summed E-state index contributed by atoms with van der Waals surface area (Å²) in [6.45, 7) is 3.41. The quantitative estimate of drug-likeness (QED) is 0.704. The average Bonchev–Trinajstić information content (AvgIpc) is 2.57. The second-order valence-corrected chi connectivity index (χ2v) is 6.84. The van der Waals surface area contributed by atoms with E-state index in [1.165, 1.54) is 5.56 Å². The van der Waals surface area contributed by atoms with Crippen LogP contribution in [-0.4, -0.2) is 61.3 Å². The van der Waals surface area contributed by atoms with Crippen molar-refractivity contribution >= 4 is 11.6 Å². The smallest absolute Gasteiger partial charge is 0.119 e. The van der Waals surface area contributed by atoms with Crippen molar-refractivity contribution in [1.29, 1.82) is 0 Å². The van der Waals surface area contributed by atoms with Gasteiger partial charge in [0, 0.05) is 31.2 Å². The van der Waals surface area contributed by atoms with Gasteiger partial charge in [-0.2, -0.15) is 0 Å². The van der Waals surface area contributed by atoms with Gasteiger partial charge in [0.05, 0.1) is 6.10 Å². The van der Waals surface area contributed by atoms with Gasteiger partial charge >= 0.3 is 0 Å². The molecule has 0 aliphatic heterocycles. The lowest BCUT2D eigenvalue weighted by molar-refractivity contribution is 0.0841. The molecule has 0 fully saturated rings. The minimum Gasteiger partial charge on any atom is -0.492 e. The second kappa shape index (κ2) is 10.4. The first-order valence-corrected chi connectivity index (χ1v) is 8.88. The van der Waals surface area contributed by atoms with E-state index in [4.69, 9.17) is 16.3 Å². The maximum Gasteiger partial charge on any atom is 0.119 e. The molecule has 2 rings (SSSR count). The van der Waals surface area contributed by atoms with E-state index in [9.17, 15) is 5.11 Å². The Morgan fingerprint density at radius 1 is 0.960 bits per heavy atom. The summed E-state index contributed by atoms with van der Waals surface area (Å²) in [6, 6.07) is 17.6. The zero-order chi connectivity index (χ0) is 18.1. The fourth-order valence-corrected chi connectivity index (χ4v) is 2.80. The van der Waals surface area contributed by atoms with Gasteiger partial charge in [-0.3, -0.25) is 4.90 Å². The van der Waals surface area contributed by atoms with Crippen LogP contribution in [0.5, 0.6) is 5.75 Å². The number of benzene rings is 2. The molecule has 1 unspecified atom stereocenters. The van der Waals surface area contributed by atoms with Gasteiger partial charge in [-0.15, -0.1) is 0 Å². The normalized spacial score (nSPS) is 12.6. The number of rotatable bonds is 10. The van der Waals surface area contributed by atoms with Crippen molar-refractivity contribution in [2.75, 3.05) is 40.3 Å². The molecule has 0 aliphatic rings. The van der Waals surface area contributed by atoms with Crippen molar-refractivity contribution in [1.82, 2.24) is 9.80 Å². The molecule has 0 radical (unpaired) electrons. The third-order valence-electron chi connectivity index (χ3n) is 3.90. The number of aliphatic hydroxyl groups excluding tert-OH is 1. The molecule has 4 nitrogen and oxygen atoms in total. The Balaban J connectivity index is 1.63. The van der Waals surface area contributed by atoms with Crippen LogP contribution in [0.1, 0.15) is 5.56 Å². The fourth-order valence-electron chi connectivity index (χ4n) is 2.68. The lowest BCUT2D eigenvalue weighted by atomic mass is 10.2. The molecule has 5 heteroatoms. The molecule has 136 valence electrons. The van der Waals surface area contributed by atoms with Crippen LogP contribution in [0.4, 0.5) is 0 Å². The van der Waals surface area contributed by atoms with Crippen LogP contribution < -0.4 is 4.74 Å². The summed E-state index contributed by atoms with van der Waals surface area (Å²) in [7, 11) is 4.02. The summed E-state index contributed by atoms with van der Waals surface area (Å²) in [6.07, 6.45) is -0.394. The van der Waals surface area contributed by atoms with Crippen molar-refractivity contribution in [2.45, 2.75) is 12.6 Å². The largest absolute Gasteiger partial charge is 0.492 e. The fraction of sp³-hybridized carbons (Fsp3) is 0.400. The molecule has 0 amide bonds. The first kappa shape index (κ1) is 19.7. The summed E-state index contributed by atoms with van der Waals surface area (Å²) in [5, 5.41) is 11.0. The van der Waals surface area contributed by atoms with Crippen LogP contribution in [0.15, 0.2) is 54.6 Å². The van der Waals surface area contributed by atoms with E-state index in [1.54, 1.807) is 0 Å². The Kier molecular flexibility index (Phi) is 8.22. The SMILES string of the molecule is CN(CCOc1ccc(Cl)cc1)CC(O)CN(C)Cc1ccccc1. The second-order valence-electron chi connectivity index (χ2n) is 6.40. The summed E-state index contributed by atoms with van der Waals surface area (Å²) in [5.41, 5.74) is 1.25. The molecule has 0 aliphatic carbocycles. The van der Waals surface area contributed by atoms with Gasteiger partial charge in [0.1, 0.15) is 12.4 Å². The van der Waals surface area contributed by atoms with E-state index in [2.05, 4.69) is 21.9 Å². The van der Waals surface area contributed by atoms with E-state index in [0.717, 1.165) is 18.8 Å². The van der Waals surface area contributed by atoms with Crippen LogP contribution in [-0.2, 0) is 6.54 Å². The van der Waals surface area contributed by atoms with Gasteiger partial charge in [0.2, 0.25) is 0 Å². The molecule has 0 saturated carbocycles. The van der Waals surface area contributed by atoms with Crippen molar-refractivity contribution in [3.8, 4) is 5.75 Å². The van der Waals surface area contributed by atoms with Crippen LogP contribution in [0.3, 0.4) is 0 Å². The Bertz CT molecular complexity index is 607. The van der Waals surface area contributed by atoms with Crippen LogP contribution in [0, 0.1) is 0 Å². The third kappa shape index (κ3) is 7.88. The van der Waals surface area contributed by atoms with Crippen LogP contribution in [0.25, 0.3) is 0 Å². The third-order valence-corrected chi connectivity index (χ3v) is 4.15. The van der Waals surface area contributed by atoms with Gasteiger partial charge in [0.15, 0.2) is 0 Å². The van der Waals surface area contributed by atoms with Crippen molar-refractivity contribution in [3.05, 3.63) is 65.2 Å². The number of hydrogen-bond donors (Lipinski definition) is 1. The molecular weight excluding hydrogens is 336 g/mol. The van der Waals surface area contributed by atoms with E-state index in [0.29, 0.717) is 24.7 Å². The Morgan fingerprint density at radius 2 is 1.60 bits per heavy atom. The molecule has 2 aromatic carbocycles. The van der Waals surface area contributed by atoms with Crippen LogP contribution in [0.2, 0.25) is 5.02 Å². The highest BCUT2D eigenvalue weighted by atomic mass is 35.5. The maximum absolute atomic E-state index is 10.3. The number of aliphatic hydroxyl groups is 1. The number of halogens is 1. The standard InChI is InChI=1S/C20H27ClN2O2/c1-22(12-13-25-20-10-8-18(21)9-11-20)15-19(24)16-23(2)14-17-6-4-3-5-7-17/h3-11,19,24H,12-16H2,1-2H3. The summed E-state index contributed by atoms with van der Waals surface area (Å²) >= 11 is 5.85. The van der Waals surface area contributed by atoms with Crippen molar-refractivity contribution in [3.63, 3.8) is 0 Å². The minimum absolute atomic E-state index is 0.394. The highest BCUT2D eigenvalue weighted by Crippen LogP contribution is 2.15. The number of ether oxygens (including phenoxy) is 1. The van der Waals surface area contributed by atoms with Gasteiger partial charge in [-0.25, -0.2) is 0 Å². The summed E-state index contributed by atoms with van der Waals surface area (Å²) < 4.78 is 5.68. The molecule has 0 spiro atoms. The summed E-state index contributed by atoms with van der Waals surface area (Å²) in [5.74, 6) is 0.806. The maximum atomic E-state index is 10.3. The zero-order valence-electron chi connectivity index (χ0n) is 14.9. The van der Waals surface area contributed by atoms with Crippen LogP contribution >= 0.6 is 11.6 Å². The molecule has 25 heavy (non-hydrogen) atoms. The predicted molar refractivity (Wildman–Crippen MR) is 103 cm³/mol. The highest BCUT2D eigenvalue weighted by molar-refractivity contribution is 6.30. The molecule has 1 atom stereocenters. The lowest BCUT2D eigenvalue weighted by Crippen LogP contribution is -2.38. The number of likely N-dealkylation sites (N-methyl/N-ethyl adjacent to an activating group) is 2. The number of hydrogen-bond acceptors (Lipinski definition) is 4. The van der Waals surface area contributed by atoms with E-state index in [-0.39, 0.29) is 0 Å². The van der Waals surface area contributed by atoms with E-state index < -0.39 is 6.10 Å². The molecule has 2 aromatic rings. The molecular formula is C20H27ClN2O2. The van der Waals surface area contributed by atoms with Crippen molar-refractivity contribution < 1.29 is 9.84 Å². The first-order valence-electron chi connectivity index (χ1n) is 8.50. The average molecular weight is 363 g/mol. The van der Waals surface area contributed by atoms with E-state index in [1.807, 2.05) is 56.6 Å². The zero-order valence-corrected chi connectivity index (χ0v) is 15.7. The van der Waals surface area contributed by atoms with Crippen molar-refractivity contribution in [2.24, 2.45) is 0 Å². The molecule has 1 N–H and O–H groups in total. The van der Waals surface area contributed by atoms with Gasteiger partial charge in [-0.05, 0) is 43.9 Å². The molecule has 0 bridgehead atoms. The van der Waals surface area contributed by atoms with Gasteiger partial charge < -0.3 is 14.7 Å². The van der Waals surface area contributed by atoms with Gasteiger partial charge in [-0.1, -0.05) is 41.9 Å². The Morgan fingerprint density at radius 3 is 2.28 bits per heavy atom. The lowest BCUT2D eigenvalue weighted by Gasteiger charge is -2.24. The topological polar surface area (TPSA) is 35.9 Å². The Labute approximate surface area is 155 Å². The van der Waals surface area contributed by atoms with Gasteiger partial charge in [0.25, 0.3) is 0 Å². The summed E-state index contributed by atoms with van der Waals surface area (Å²) in [4.78, 5) is 4.22. The monoisotopic (exact) mass is 362 g/mol. The molecule has 0 saturated heterocycles. The highest BCUT2D eigenvalue weighted by Gasteiger charge is 2.11. The molecule has 0 aromatic heterocycles. The predicted octanol–water partition coefficient (Wildman–Crippen LogP) is 3.14. The van der Waals surface area contributed by atoms with E-state index >= 15 is 0 Å². The number of nitrogens with zero attached hydrogens (tertiary/aromatic N) is 2. The Hall–Kier alpha value is -1.59. The first-order chi connectivity index (χ1) is 12.0.